The molecule has 2 aliphatic heterocycles. The first-order valence-corrected chi connectivity index (χ1v) is 12.6. The summed E-state index contributed by atoms with van der Waals surface area (Å²) in [6, 6.07) is 10.7. The van der Waals surface area contributed by atoms with Crippen molar-refractivity contribution in [3.05, 3.63) is 71.3 Å². The van der Waals surface area contributed by atoms with Crippen molar-refractivity contribution < 1.29 is 27.9 Å². The molecule has 204 valence electrons. The molecule has 2 aliphatic rings. The van der Waals surface area contributed by atoms with Gasteiger partial charge in [0.15, 0.2) is 0 Å². The number of hydrogen-bond donors (Lipinski definition) is 1. The molecule has 2 heterocycles. The van der Waals surface area contributed by atoms with Crippen LogP contribution in [0, 0.1) is 17.6 Å². The van der Waals surface area contributed by atoms with Crippen LogP contribution in [0.2, 0.25) is 0 Å². The van der Waals surface area contributed by atoms with Gasteiger partial charge in [0.05, 0.1) is 26.3 Å². The van der Waals surface area contributed by atoms with Gasteiger partial charge in [0.2, 0.25) is 11.8 Å². The molecule has 0 radical (unpaired) electrons. The Hall–Kier alpha value is -3.57. The largest absolute Gasteiger partial charge is 0.375 e. The first-order valence-electron chi connectivity index (χ1n) is 12.6. The number of piperazine rings is 1. The van der Waals surface area contributed by atoms with Crippen LogP contribution in [0.3, 0.4) is 0 Å². The number of ether oxygens (including phenoxy) is 1. The van der Waals surface area contributed by atoms with Crippen molar-refractivity contribution >= 4 is 17.8 Å². The lowest BCUT2D eigenvalue weighted by Gasteiger charge is -2.55. The van der Waals surface area contributed by atoms with Gasteiger partial charge in [-0.1, -0.05) is 38.1 Å². The third-order valence-corrected chi connectivity index (χ3v) is 6.76. The van der Waals surface area contributed by atoms with E-state index < -0.39 is 18.2 Å². The zero-order chi connectivity index (χ0) is 27.4. The smallest absolute Gasteiger partial charge is 0.334 e. The molecule has 4 amide bonds. The van der Waals surface area contributed by atoms with E-state index in [0.717, 1.165) is 11.1 Å². The van der Waals surface area contributed by atoms with E-state index in [1.165, 1.54) is 34.2 Å². The lowest BCUT2D eigenvalue weighted by Crippen LogP contribution is -2.76. The van der Waals surface area contributed by atoms with E-state index in [0.29, 0.717) is 0 Å². The second kappa shape index (κ2) is 11.9. The number of rotatable bonds is 8. The molecule has 0 aromatic heterocycles. The second-order valence-electron chi connectivity index (χ2n) is 9.88. The number of hydrogen-bond acceptors (Lipinski definition) is 5. The highest BCUT2D eigenvalue weighted by atomic mass is 19.1. The van der Waals surface area contributed by atoms with Crippen molar-refractivity contribution in [3.8, 4) is 0 Å². The molecule has 2 fully saturated rings. The van der Waals surface area contributed by atoms with Crippen LogP contribution in [-0.2, 0) is 27.5 Å². The van der Waals surface area contributed by atoms with Crippen molar-refractivity contribution in [2.75, 3.05) is 33.3 Å². The molecule has 0 bridgehead atoms. The van der Waals surface area contributed by atoms with Crippen LogP contribution in [0.1, 0.15) is 25.0 Å². The molecule has 38 heavy (non-hydrogen) atoms. The molecule has 9 nitrogen and oxygen atoms in total. The molecule has 4 rings (SSSR count). The first-order chi connectivity index (χ1) is 18.2. The van der Waals surface area contributed by atoms with Crippen LogP contribution in [0.25, 0.3) is 0 Å². The Bertz CT molecular complexity index is 1150. The van der Waals surface area contributed by atoms with Gasteiger partial charge < -0.3 is 19.9 Å². The summed E-state index contributed by atoms with van der Waals surface area (Å²) in [5.41, 5.74) is 1.54. The predicted octanol–water partition coefficient (Wildman–Crippen LogP) is 2.58. The van der Waals surface area contributed by atoms with Gasteiger partial charge >= 0.3 is 6.03 Å². The lowest BCUT2D eigenvalue weighted by atomic mass is 9.96. The number of benzene rings is 2. The minimum atomic E-state index is -0.723. The molecule has 2 aromatic rings. The van der Waals surface area contributed by atoms with Crippen molar-refractivity contribution in [2.24, 2.45) is 5.92 Å². The van der Waals surface area contributed by atoms with E-state index in [1.54, 1.807) is 41.2 Å². The Morgan fingerprint density at radius 1 is 1.03 bits per heavy atom. The highest BCUT2D eigenvalue weighted by Crippen LogP contribution is 2.29. The number of amides is 4. The minimum absolute atomic E-state index is 0.0439. The van der Waals surface area contributed by atoms with Crippen LogP contribution < -0.4 is 5.32 Å². The van der Waals surface area contributed by atoms with Crippen molar-refractivity contribution in [2.45, 2.75) is 39.2 Å². The average Bonchev–Trinajstić information content (AvgIpc) is 2.87. The SMILES string of the molecule is CC(C)[C@H]1C(=O)N(CCOCc2ccc(F)cc2)CC2N1C(=O)CN(C)N2C(=O)NCc1ccc(F)cc1. The van der Waals surface area contributed by atoms with E-state index in [2.05, 4.69) is 5.32 Å². The Morgan fingerprint density at radius 2 is 1.63 bits per heavy atom. The van der Waals surface area contributed by atoms with Gasteiger partial charge in [-0.15, -0.1) is 0 Å². The standard InChI is InChI=1S/C27H33F2N5O4/c1-18(2)25-26(36)32(12-13-38-17-20-6-10-22(29)11-7-20)15-23-33(25)24(35)16-31(3)34(23)27(37)30-14-19-4-8-21(28)9-5-19/h4-11,18,23,25H,12-17H2,1-3H3,(H,30,37)/t23?,25-/m0/s1. The summed E-state index contributed by atoms with van der Waals surface area (Å²) < 4.78 is 32.1. The molecule has 0 spiro atoms. The fraction of sp³-hybridized carbons (Fsp3) is 0.444. The fourth-order valence-corrected chi connectivity index (χ4v) is 4.87. The fourth-order valence-electron chi connectivity index (χ4n) is 4.87. The average molecular weight is 530 g/mol. The monoisotopic (exact) mass is 529 g/mol. The van der Waals surface area contributed by atoms with Crippen LogP contribution >= 0.6 is 0 Å². The van der Waals surface area contributed by atoms with Crippen LogP contribution in [0.4, 0.5) is 13.6 Å². The van der Waals surface area contributed by atoms with Crippen molar-refractivity contribution in [3.63, 3.8) is 0 Å². The molecular weight excluding hydrogens is 496 g/mol. The van der Waals surface area contributed by atoms with Gasteiger partial charge in [-0.25, -0.2) is 23.6 Å². The first kappa shape index (κ1) is 27.5. The number of likely N-dealkylation sites (N-methyl/N-ethyl adjacent to an activating group) is 1. The highest BCUT2D eigenvalue weighted by Gasteiger charge is 2.51. The third-order valence-electron chi connectivity index (χ3n) is 6.76. The quantitative estimate of drug-likeness (QED) is 0.532. The molecule has 1 unspecified atom stereocenters. The summed E-state index contributed by atoms with van der Waals surface area (Å²) in [6.45, 7) is 4.79. The van der Waals surface area contributed by atoms with Gasteiger partial charge in [0.1, 0.15) is 23.8 Å². The highest BCUT2D eigenvalue weighted by molar-refractivity contribution is 5.91. The Labute approximate surface area is 220 Å². The Morgan fingerprint density at radius 3 is 2.24 bits per heavy atom. The van der Waals surface area contributed by atoms with Crippen molar-refractivity contribution in [1.29, 1.82) is 0 Å². The van der Waals surface area contributed by atoms with E-state index >= 15 is 0 Å². The summed E-state index contributed by atoms with van der Waals surface area (Å²) >= 11 is 0. The zero-order valence-electron chi connectivity index (χ0n) is 21.8. The second-order valence-corrected chi connectivity index (χ2v) is 9.88. The van der Waals surface area contributed by atoms with Gasteiger partial charge in [-0.2, -0.15) is 0 Å². The molecule has 0 aliphatic carbocycles. The molecule has 1 N–H and O–H groups in total. The van der Waals surface area contributed by atoms with Crippen LogP contribution in [0.15, 0.2) is 48.5 Å². The number of nitrogens with zero attached hydrogens (tertiary/aromatic N) is 4. The predicted molar refractivity (Wildman–Crippen MR) is 135 cm³/mol. The number of halogens is 2. The summed E-state index contributed by atoms with van der Waals surface area (Å²) in [5, 5.41) is 5.87. The lowest BCUT2D eigenvalue weighted by molar-refractivity contribution is -0.190. The van der Waals surface area contributed by atoms with Gasteiger partial charge in [-0.05, 0) is 41.3 Å². The van der Waals surface area contributed by atoms with Gasteiger partial charge in [0, 0.05) is 20.1 Å². The molecular formula is C27H33F2N5O4. The summed E-state index contributed by atoms with van der Waals surface area (Å²) in [5.74, 6) is -1.27. The zero-order valence-corrected chi connectivity index (χ0v) is 21.8. The number of hydrazine groups is 1. The summed E-state index contributed by atoms with van der Waals surface area (Å²) in [7, 11) is 1.66. The van der Waals surface area contributed by atoms with E-state index in [-0.39, 0.29) is 68.8 Å². The minimum Gasteiger partial charge on any atom is -0.375 e. The molecule has 2 aromatic carbocycles. The van der Waals surface area contributed by atoms with Crippen molar-refractivity contribution in [1.82, 2.24) is 25.1 Å². The number of fused-ring (bicyclic) bond motifs is 1. The number of nitrogens with one attached hydrogen (secondary N) is 1. The van der Waals surface area contributed by atoms with Gasteiger partial charge in [0.25, 0.3) is 0 Å². The van der Waals surface area contributed by atoms with Crippen LogP contribution in [0.5, 0.6) is 0 Å². The van der Waals surface area contributed by atoms with E-state index in [1.807, 2.05) is 13.8 Å². The Balaban J connectivity index is 1.46. The summed E-state index contributed by atoms with van der Waals surface area (Å²) in [4.78, 5) is 43.0. The van der Waals surface area contributed by atoms with E-state index in [9.17, 15) is 23.2 Å². The maximum absolute atomic E-state index is 13.4. The molecule has 2 saturated heterocycles. The van der Waals surface area contributed by atoms with Gasteiger partial charge in [-0.3, -0.25) is 9.59 Å². The molecule has 11 heteroatoms. The molecule has 0 saturated carbocycles. The molecule has 2 atom stereocenters. The number of urea groups is 1. The van der Waals surface area contributed by atoms with E-state index in [4.69, 9.17) is 4.74 Å². The maximum Gasteiger partial charge on any atom is 0.334 e. The topological polar surface area (TPSA) is 85.4 Å². The number of carbonyl (C=O) groups excluding carboxylic acids is 3. The number of carbonyl (C=O) groups is 3. The van der Waals surface area contributed by atoms with Crippen LogP contribution in [-0.4, -0.2) is 83.2 Å². The third kappa shape index (κ3) is 6.11. The maximum atomic E-state index is 13.4. The normalized spacial score (nSPS) is 20.2. The summed E-state index contributed by atoms with van der Waals surface area (Å²) in [6.07, 6.45) is -0.698. The Kier molecular flexibility index (Phi) is 8.58.